The lowest BCUT2D eigenvalue weighted by Crippen LogP contribution is -2.27. The predicted molar refractivity (Wildman–Crippen MR) is 109 cm³/mol. The average Bonchev–Trinajstić information content (AvgIpc) is 3.24. The van der Waals surface area contributed by atoms with Gasteiger partial charge in [0.1, 0.15) is 0 Å². The molecule has 0 saturated heterocycles. The van der Waals surface area contributed by atoms with E-state index in [1.54, 1.807) is 60.9 Å². The lowest BCUT2D eigenvalue weighted by atomic mass is 10.2. The van der Waals surface area contributed by atoms with Crippen molar-refractivity contribution >= 4 is 40.4 Å². The van der Waals surface area contributed by atoms with Crippen molar-refractivity contribution < 1.29 is 14.4 Å². The normalized spacial score (nSPS) is 10.1. The van der Waals surface area contributed by atoms with Crippen molar-refractivity contribution in [2.24, 2.45) is 0 Å². The Morgan fingerprint density at radius 1 is 0.893 bits per heavy atom. The third-order valence-corrected chi connectivity index (χ3v) is 4.60. The number of hydrogen-bond donors (Lipinski definition) is 3. The van der Waals surface area contributed by atoms with Crippen molar-refractivity contribution in [3.63, 3.8) is 0 Å². The van der Waals surface area contributed by atoms with Gasteiger partial charge in [0.15, 0.2) is 0 Å². The standard InChI is InChI=1S/C20H18N4O3S/c25-18(8-11-22-20(27)17-5-2-12-28-17)23-15-3-1-4-16(13-15)24-19(26)14-6-9-21-10-7-14/h1-7,9-10,12-13H,8,11H2,(H,22,27)(H,23,25)(H,24,26). The highest BCUT2D eigenvalue weighted by Gasteiger charge is 2.09. The first-order valence-electron chi connectivity index (χ1n) is 8.55. The van der Waals surface area contributed by atoms with Gasteiger partial charge in [-0.25, -0.2) is 0 Å². The molecule has 0 aliphatic carbocycles. The Morgan fingerprint density at radius 2 is 1.64 bits per heavy atom. The van der Waals surface area contributed by atoms with E-state index in [-0.39, 0.29) is 30.7 Å². The molecular formula is C20H18N4O3S. The summed E-state index contributed by atoms with van der Waals surface area (Å²) in [6, 6.07) is 13.6. The van der Waals surface area contributed by atoms with Gasteiger partial charge in [0.05, 0.1) is 4.88 Å². The summed E-state index contributed by atoms with van der Waals surface area (Å²) in [4.78, 5) is 40.6. The molecule has 142 valence electrons. The first kappa shape index (κ1) is 19.2. The van der Waals surface area contributed by atoms with Gasteiger partial charge >= 0.3 is 0 Å². The molecule has 2 heterocycles. The van der Waals surface area contributed by atoms with Gasteiger partial charge in [-0.2, -0.15) is 0 Å². The number of anilines is 2. The number of hydrogen-bond acceptors (Lipinski definition) is 5. The van der Waals surface area contributed by atoms with E-state index in [0.29, 0.717) is 21.8 Å². The van der Waals surface area contributed by atoms with Crippen molar-refractivity contribution in [3.05, 3.63) is 76.7 Å². The summed E-state index contributed by atoms with van der Waals surface area (Å²) in [7, 11) is 0. The fourth-order valence-corrected chi connectivity index (χ4v) is 3.03. The molecule has 2 aromatic heterocycles. The molecule has 0 saturated carbocycles. The van der Waals surface area contributed by atoms with E-state index in [9.17, 15) is 14.4 Å². The van der Waals surface area contributed by atoms with Crippen LogP contribution in [0, 0.1) is 0 Å². The number of thiophene rings is 1. The maximum atomic E-state index is 12.2. The van der Waals surface area contributed by atoms with Crippen LogP contribution in [0.1, 0.15) is 26.5 Å². The Bertz CT molecular complexity index is 959. The summed E-state index contributed by atoms with van der Waals surface area (Å²) in [6.07, 6.45) is 3.23. The zero-order chi connectivity index (χ0) is 19.8. The molecule has 7 nitrogen and oxygen atoms in total. The Morgan fingerprint density at radius 3 is 2.36 bits per heavy atom. The molecule has 0 unspecified atom stereocenters. The second kappa shape index (κ2) is 9.43. The zero-order valence-corrected chi connectivity index (χ0v) is 15.7. The molecule has 0 aliphatic rings. The number of rotatable bonds is 7. The molecule has 0 bridgehead atoms. The average molecular weight is 394 g/mol. The Kier molecular flexibility index (Phi) is 6.48. The minimum atomic E-state index is -0.262. The van der Waals surface area contributed by atoms with Crippen molar-refractivity contribution in [2.45, 2.75) is 6.42 Å². The molecular weight excluding hydrogens is 376 g/mol. The maximum absolute atomic E-state index is 12.2. The number of benzene rings is 1. The van der Waals surface area contributed by atoms with Crippen LogP contribution in [0.5, 0.6) is 0 Å². The van der Waals surface area contributed by atoms with E-state index in [2.05, 4.69) is 20.9 Å². The third kappa shape index (κ3) is 5.49. The highest BCUT2D eigenvalue weighted by molar-refractivity contribution is 7.12. The first-order valence-corrected chi connectivity index (χ1v) is 9.43. The number of nitrogens with one attached hydrogen (secondary N) is 3. The maximum Gasteiger partial charge on any atom is 0.261 e. The Labute approximate surface area is 165 Å². The molecule has 28 heavy (non-hydrogen) atoms. The topological polar surface area (TPSA) is 100 Å². The molecule has 0 aliphatic heterocycles. The molecule has 0 atom stereocenters. The molecule has 8 heteroatoms. The van der Waals surface area contributed by atoms with Crippen LogP contribution in [0.3, 0.4) is 0 Å². The molecule has 3 amide bonds. The van der Waals surface area contributed by atoms with E-state index < -0.39 is 0 Å². The summed E-state index contributed by atoms with van der Waals surface area (Å²) < 4.78 is 0. The minimum Gasteiger partial charge on any atom is -0.351 e. The van der Waals surface area contributed by atoms with Crippen LogP contribution in [0.25, 0.3) is 0 Å². The van der Waals surface area contributed by atoms with Crippen molar-refractivity contribution in [1.82, 2.24) is 10.3 Å². The Balaban J connectivity index is 1.49. The van der Waals surface area contributed by atoms with Crippen LogP contribution in [0.4, 0.5) is 11.4 Å². The van der Waals surface area contributed by atoms with E-state index in [1.807, 2.05) is 5.38 Å². The quantitative estimate of drug-likeness (QED) is 0.573. The van der Waals surface area contributed by atoms with Gasteiger partial charge in [-0.05, 0) is 41.8 Å². The highest BCUT2D eigenvalue weighted by Crippen LogP contribution is 2.16. The minimum absolute atomic E-state index is 0.144. The van der Waals surface area contributed by atoms with Crippen molar-refractivity contribution in [3.8, 4) is 0 Å². The summed E-state index contributed by atoms with van der Waals surface area (Å²) in [5.74, 6) is -0.685. The van der Waals surface area contributed by atoms with Gasteiger partial charge in [0.2, 0.25) is 5.91 Å². The van der Waals surface area contributed by atoms with Gasteiger partial charge in [-0.3, -0.25) is 19.4 Å². The van der Waals surface area contributed by atoms with Crippen molar-refractivity contribution in [2.75, 3.05) is 17.2 Å². The monoisotopic (exact) mass is 394 g/mol. The summed E-state index contributed by atoms with van der Waals surface area (Å²) >= 11 is 1.35. The van der Waals surface area contributed by atoms with E-state index in [4.69, 9.17) is 0 Å². The lowest BCUT2D eigenvalue weighted by molar-refractivity contribution is -0.116. The summed E-state index contributed by atoms with van der Waals surface area (Å²) in [5, 5.41) is 10.1. The van der Waals surface area contributed by atoms with Gasteiger partial charge in [-0.1, -0.05) is 12.1 Å². The molecule has 1 aromatic carbocycles. The van der Waals surface area contributed by atoms with Crippen LogP contribution in [0.15, 0.2) is 66.3 Å². The number of carbonyl (C=O) groups excluding carboxylic acids is 3. The molecule has 0 fully saturated rings. The van der Waals surface area contributed by atoms with E-state index >= 15 is 0 Å². The lowest BCUT2D eigenvalue weighted by Gasteiger charge is -2.09. The molecule has 0 radical (unpaired) electrons. The number of amides is 3. The highest BCUT2D eigenvalue weighted by atomic mass is 32.1. The first-order chi connectivity index (χ1) is 13.6. The van der Waals surface area contributed by atoms with E-state index in [0.717, 1.165) is 0 Å². The SMILES string of the molecule is O=C(CCNC(=O)c1cccs1)Nc1cccc(NC(=O)c2ccncc2)c1. The second-order valence-electron chi connectivity index (χ2n) is 5.80. The van der Waals surface area contributed by atoms with Crippen LogP contribution < -0.4 is 16.0 Å². The molecule has 0 spiro atoms. The van der Waals surface area contributed by atoms with Gasteiger partial charge in [0, 0.05) is 42.3 Å². The fraction of sp³-hybridized carbons (Fsp3) is 0.100. The molecule has 3 N–H and O–H groups in total. The second-order valence-corrected chi connectivity index (χ2v) is 6.75. The van der Waals surface area contributed by atoms with E-state index in [1.165, 1.54) is 11.3 Å². The summed E-state index contributed by atoms with van der Waals surface area (Å²) in [5.41, 5.74) is 1.61. The number of carbonyl (C=O) groups is 3. The molecule has 3 aromatic rings. The number of pyridine rings is 1. The largest absolute Gasteiger partial charge is 0.351 e. The smallest absolute Gasteiger partial charge is 0.261 e. The number of aromatic nitrogens is 1. The summed E-state index contributed by atoms with van der Waals surface area (Å²) in [6.45, 7) is 0.237. The van der Waals surface area contributed by atoms with Crippen LogP contribution in [-0.2, 0) is 4.79 Å². The fourth-order valence-electron chi connectivity index (χ4n) is 2.39. The van der Waals surface area contributed by atoms with Crippen LogP contribution in [0.2, 0.25) is 0 Å². The van der Waals surface area contributed by atoms with Gasteiger partial charge in [-0.15, -0.1) is 11.3 Å². The predicted octanol–water partition coefficient (Wildman–Crippen LogP) is 3.15. The van der Waals surface area contributed by atoms with Crippen LogP contribution >= 0.6 is 11.3 Å². The zero-order valence-electron chi connectivity index (χ0n) is 14.8. The third-order valence-electron chi connectivity index (χ3n) is 3.73. The van der Waals surface area contributed by atoms with Gasteiger partial charge < -0.3 is 16.0 Å². The van der Waals surface area contributed by atoms with Gasteiger partial charge in [0.25, 0.3) is 11.8 Å². The van der Waals surface area contributed by atoms with Crippen molar-refractivity contribution in [1.29, 1.82) is 0 Å². The Hall–Kier alpha value is -3.52. The van der Waals surface area contributed by atoms with Crippen LogP contribution in [-0.4, -0.2) is 29.3 Å². The number of nitrogens with zero attached hydrogens (tertiary/aromatic N) is 1. The molecule has 3 rings (SSSR count).